The molecular weight excluding hydrogens is 196 g/mol. The first kappa shape index (κ1) is 9.71. The van der Waals surface area contributed by atoms with Crippen molar-refractivity contribution in [2.24, 2.45) is 5.92 Å². The quantitative estimate of drug-likeness (QED) is 0.814. The molecule has 1 aliphatic rings. The summed E-state index contributed by atoms with van der Waals surface area (Å²) in [7, 11) is 0. The zero-order valence-corrected chi connectivity index (χ0v) is 9.23. The van der Waals surface area contributed by atoms with Crippen LogP contribution in [-0.4, -0.2) is 11.1 Å². The number of carbonyl (C=O) groups is 1. The van der Waals surface area contributed by atoms with Gasteiger partial charge in [-0.25, -0.2) is 0 Å². The topological polar surface area (TPSA) is 37.3 Å². The Morgan fingerprint density at radius 3 is 3.00 bits per heavy atom. The molecule has 2 rings (SSSR count). The van der Waals surface area contributed by atoms with Gasteiger partial charge >= 0.3 is 5.97 Å². The Morgan fingerprint density at radius 2 is 2.43 bits per heavy atom. The number of carboxylic acids is 1. The Kier molecular flexibility index (Phi) is 2.35. The Labute approximate surface area is 87.6 Å². The predicted octanol–water partition coefficient (Wildman–Crippen LogP) is 2.67. The van der Waals surface area contributed by atoms with Crippen LogP contribution in [0.2, 0.25) is 0 Å². The average molecular weight is 210 g/mol. The van der Waals surface area contributed by atoms with Crippen molar-refractivity contribution in [2.75, 3.05) is 0 Å². The molecule has 0 amide bonds. The number of thiophene rings is 1. The summed E-state index contributed by atoms with van der Waals surface area (Å²) in [6, 6.07) is 2.18. The molecule has 1 N–H and O–H groups in total. The van der Waals surface area contributed by atoms with Crippen LogP contribution < -0.4 is 0 Å². The zero-order valence-electron chi connectivity index (χ0n) is 8.41. The molecule has 1 heterocycles. The van der Waals surface area contributed by atoms with Crippen LogP contribution in [-0.2, 0) is 17.6 Å². The first-order valence-corrected chi connectivity index (χ1v) is 5.79. The van der Waals surface area contributed by atoms with Crippen molar-refractivity contribution in [2.45, 2.75) is 32.6 Å². The summed E-state index contributed by atoms with van der Waals surface area (Å²) in [5.41, 5.74) is 1.27. The first-order valence-electron chi connectivity index (χ1n) is 4.97. The summed E-state index contributed by atoms with van der Waals surface area (Å²) in [5, 5.41) is 9.12. The normalized spacial score (nSPS) is 25.0. The molecule has 0 aromatic carbocycles. The molecule has 2 nitrogen and oxygen atoms in total. The average Bonchev–Trinajstić information content (AvgIpc) is 2.58. The van der Waals surface area contributed by atoms with Crippen LogP contribution in [0.5, 0.6) is 0 Å². The minimum Gasteiger partial charge on any atom is -0.481 e. The van der Waals surface area contributed by atoms with E-state index in [0.717, 1.165) is 17.7 Å². The molecule has 0 spiro atoms. The van der Waals surface area contributed by atoms with Gasteiger partial charge in [0.05, 0.1) is 5.92 Å². The van der Waals surface area contributed by atoms with Gasteiger partial charge in [-0.2, -0.15) is 0 Å². The lowest BCUT2D eigenvalue weighted by Gasteiger charge is -2.09. The van der Waals surface area contributed by atoms with Crippen molar-refractivity contribution in [1.82, 2.24) is 0 Å². The second-order valence-electron chi connectivity index (χ2n) is 3.95. The summed E-state index contributed by atoms with van der Waals surface area (Å²) in [5.74, 6) is -0.657. The highest BCUT2D eigenvalue weighted by Gasteiger charge is 2.36. The van der Waals surface area contributed by atoms with Crippen LogP contribution in [0.4, 0.5) is 0 Å². The number of rotatable bonds is 2. The zero-order chi connectivity index (χ0) is 10.3. The molecule has 0 aliphatic heterocycles. The van der Waals surface area contributed by atoms with Crippen LogP contribution in [0.3, 0.4) is 0 Å². The van der Waals surface area contributed by atoms with Gasteiger partial charge in [0.2, 0.25) is 0 Å². The van der Waals surface area contributed by atoms with Crippen LogP contribution in [0.15, 0.2) is 6.07 Å². The minimum absolute atomic E-state index is 0.254. The molecule has 14 heavy (non-hydrogen) atoms. The van der Waals surface area contributed by atoms with Crippen molar-refractivity contribution in [3.05, 3.63) is 21.4 Å². The van der Waals surface area contributed by atoms with Crippen LogP contribution in [0.1, 0.15) is 35.1 Å². The Hall–Kier alpha value is -0.830. The van der Waals surface area contributed by atoms with Gasteiger partial charge in [-0.15, -0.1) is 11.3 Å². The van der Waals surface area contributed by atoms with Gasteiger partial charge < -0.3 is 5.11 Å². The van der Waals surface area contributed by atoms with Gasteiger partial charge in [0.1, 0.15) is 0 Å². The summed E-state index contributed by atoms with van der Waals surface area (Å²) < 4.78 is 0. The fourth-order valence-electron chi connectivity index (χ4n) is 2.18. The lowest BCUT2D eigenvalue weighted by atomic mass is 9.98. The SMILES string of the molecule is CCc1cc2c(s1)C(C(=O)O)C(C)C2. The van der Waals surface area contributed by atoms with Crippen LogP contribution in [0, 0.1) is 5.92 Å². The van der Waals surface area contributed by atoms with Gasteiger partial charge in [0, 0.05) is 9.75 Å². The predicted molar refractivity (Wildman–Crippen MR) is 56.9 cm³/mol. The monoisotopic (exact) mass is 210 g/mol. The van der Waals surface area contributed by atoms with Gasteiger partial charge in [-0.1, -0.05) is 13.8 Å². The second kappa shape index (κ2) is 3.39. The van der Waals surface area contributed by atoms with Crippen molar-refractivity contribution in [1.29, 1.82) is 0 Å². The van der Waals surface area contributed by atoms with E-state index in [1.54, 1.807) is 11.3 Å². The third-order valence-electron chi connectivity index (χ3n) is 2.90. The van der Waals surface area contributed by atoms with Crippen molar-refractivity contribution in [3.8, 4) is 0 Å². The van der Waals surface area contributed by atoms with Gasteiger partial charge in [0.15, 0.2) is 0 Å². The summed E-state index contributed by atoms with van der Waals surface area (Å²) in [4.78, 5) is 13.5. The molecule has 1 aromatic rings. The largest absolute Gasteiger partial charge is 0.481 e. The molecule has 0 radical (unpaired) electrons. The maximum absolute atomic E-state index is 11.1. The highest BCUT2D eigenvalue weighted by molar-refractivity contribution is 7.12. The Balaban J connectivity index is 2.39. The highest BCUT2D eigenvalue weighted by Crippen LogP contribution is 2.43. The van der Waals surface area contributed by atoms with Crippen LogP contribution >= 0.6 is 11.3 Å². The molecule has 0 fully saturated rings. The minimum atomic E-state index is -0.666. The molecule has 2 unspecified atom stereocenters. The maximum atomic E-state index is 11.1. The summed E-state index contributed by atoms with van der Waals surface area (Å²) in [6.07, 6.45) is 1.95. The number of fused-ring (bicyclic) bond motifs is 1. The Morgan fingerprint density at radius 1 is 1.71 bits per heavy atom. The van der Waals surface area contributed by atoms with E-state index in [9.17, 15) is 4.79 Å². The number of hydrogen-bond acceptors (Lipinski definition) is 2. The van der Waals surface area contributed by atoms with Gasteiger partial charge in [-0.05, 0) is 30.4 Å². The van der Waals surface area contributed by atoms with E-state index in [1.165, 1.54) is 10.4 Å². The number of carboxylic acid groups (broad SMARTS) is 1. The molecular formula is C11H14O2S. The van der Waals surface area contributed by atoms with E-state index in [2.05, 4.69) is 13.0 Å². The van der Waals surface area contributed by atoms with E-state index < -0.39 is 5.97 Å². The summed E-state index contributed by atoms with van der Waals surface area (Å²) >= 11 is 1.68. The van der Waals surface area contributed by atoms with Crippen molar-refractivity contribution in [3.63, 3.8) is 0 Å². The van der Waals surface area contributed by atoms with E-state index in [1.807, 2.05) is 6.92 Å². The van der Waals surface area contributed by atoms with Crippen molar-refractivity contribution < 1.29 is 9.90 Å². The van der Waals surface area contributed by atoms with Crippen LogP contribution in [0.25, 0.3) is 0 Å². The van der Waals surface area contributed by atoms with E-state index >= 15 is 0 Å². The maximum Gasteiger partial charge on any atom is 0.312 e. The smallest absolute Gasteiger partial charge is 0.312 e. The lowest BCUT2D eigenvalue weighted by molar-refractivity contribution is -0.139. The summed E-state index contributed by atoms with van der Waals surface area (Å²) in [6.45, 7) is 4.14. The van der Waals surface area contributed by atoms with E-state index in [-0.39, 0.29) is 11.8 Å². The fraction of sp³-hybridized carbons (Fsp3) is 0.545. The highest BCUT2D eigenvalue weighted by atomic mass is 32.1. The standard InChI is InChI=1S/C11H14O2S/c1-3-8-5-7-4-6(2)9(11(12)13)10(7)14-8/h5-6,9H,3-4H2,1-2H3,(H,12,13). The van der Waals surface area contributed by atoms with Crippen molar-refractivity contribution >= 4 is 17.3 Å². The molecule has 2 atom stereocenters. The molecule has 76 valence electrons. The molecule has 0 saturated heterocycles. The third kappa shape index (κ3) is 1.36. The Bertz CT molecular complexity index is 367. The number of aryl methyl sites for hydroxylation is 1. The van der Waals surface area contributed by atoms with Gasteiger partial charge in [0.25, 0.3) is 0 Å². The fourth-order valence-corrected chi connectivity index (χ4v) is 3.54. The molecule has 1 aromatic heterocycles. The van der Waals surface area contributed by atoms with Gasteiger partial charge in [-0.3, -0.25) is 4.79 Å². The number of aliphatic carboxylic acids is 1. The first-order chi connectivity index (χ1) is 6.63. The lowest BCUT2D eigenvalue weighted by Crippen LogP contribution is -2.14. The van der Waals surface area contributed by atoms with E-state index in [0.29, 0.717) is 0 Å². The second-order valence-corrected chi connectivity index (χ2v) is 5.12. The number of hydrogen-bond donors (Lipinski definition) is 1. The molecule has 0 saturated carbocycles. The van der Waals surface area contributed by atoms with E-state index in [4.69, 9.17) is 5.11 Å². The molecule has 0 bridgehead atoms. The molecule has 1 aliphatic carbocycles. The third-order valence-corrected chi connectivity index (χ3v) is 4.31. The molecule has 3 heteroatoms.